The van der Waals surface area contributed by atoms with Gasteiger partial charge >= 0.3 is 0 Å². The van der Waals surface area contributed by atoms with Crippen LogP contribution in [0.25, 0.3) is 0 Å². The second kappa shape index (κ2) is 7.25. The number of hydrogen-bond acceptors (Lipinski definition) is 7. The first kappa shape index (κ1) is 20.1. The van der Waals surface area contributed by atoms with Crippen molar-refractivity contribution in [3.63, 3.8) is 0 Å². The summed E-state index contributed by atoms with van der Waals surface area (Å²) in [4.78, 5) is 26.6. The van der Waals surface area contributed by atoms with Gasteiger partial charge in [0.1, 0.15) is 27.8 Å². The maximum absolute atomic E-state index is 13.4. The van der Waals surface area contributed by atoms with Gasteiger partial charge in [-0.2, -0.15) is 0 Å². The minimum atomic E-state index is -1.73. The number of ether oxygens (including phenoxy) is 3. The van der Waals surface area contributed by atoms with Gasteiger partial charge in [-0.25, -0.2) is 0 Å². The fourth-order valence-corrected chi connectivity index (χ4v) is 4.23. The molecule has 4 rings (SSSR count). The molecule has 0 aromatic heterocycles. The van der Waals surface area contributed by atoms with Crippen LogP contribution in [0.3, 0.4) is 0 Å². The van der Waals surface area contributed by atoms with Crippen LogP contribution in [0.15, 0.2) is 42.1 Å². The molecule has 2 aromatic rings. The Morgan fingerprint density at radius 1 is 1.20 bits per heavy atom. The summed E-state index contributed by atoms with van der Waals surface area (Å²) >= 11 is 6.38. The van der Waals surface area contributed by atoms with Gasteiger partial charge in [-0.15, -0.1) is 0 Å². The maximum Gasteiger partial charge on any atom is 0.236 e. The second-order valence-electron chi connectivity index (χ2n) is 7.25. The first-order valence-corrected chi connectivity index (χ1v) is 9.69. The van der Waals surface area contributed by atoms with Gasteiger partial charge in [0.05, 0.1) is 19.9 Å². The van der Waals surface area contributed by atoms with Gasteiger partial charge in [-0.1, -0.05) is 30.7 Å². The highest BCUT2D eigenvalue weighted by Gasteiger charge is 2.60. The fourth-order valence-electron chi connectivity index (χ4n) is 3.97. The number of phenols is 1. The molecule has 0 radical (unpaired) electrons. The molecule has 2 aliphatic rings. The number of halogens is 1. The Labute approximate surface area is 178 Å². The molecule has 0 amide bonds. The van der Waals surface area contributed by atoms with Crippen molar-refractivity contribution in [3.8, 4) is 23.0 Å². The molecule has 30 heavy (non-hydrogen) atoms. The maximum atomic E-state index is 13.4. The predicted octanol–water partition coefficient (Wildman–Crippen LogP) is 3.98. The predicted molar refractivity (Wildman–Crippen MR) is 111 cm³/mol. The smallest absolute Gasteiger partial charge is 0.236 e. The van der Waals surface area contributed by atoms with E-state index in [4.69, 9.17) is 25.8 Å². The van der Waals surface area contributed by atoms with Gasteiger partial charge in [0.2, 0.25) is 17.2 Å². The average molecular weight is 430 g/mol. The fraction of sp³-hybridized carbons (Fsp3) is 0.273. The van der Waals surface area contributed by atoms with Gasteiger partial charge < -0.3 is 24.6 Å². The van der Waals surface area contributed by atoms with E-state index < -0.39 is 23.1 Å². The van der Waals surface area contributed by atoms with Gasteiger partial charge in [0.15, 0.2) is 5.75 Å². The number of benzene rings is 2. The molecule has 0 unspecified atom stereocenters. The van der Waals surface area contributed by atoms with Crippen LogP contribution >= 0.6 is 11.6 Å². The van der Waals surface area contributed by atoms with Crippen molar-refractivity contribution in [3.05, 3.63) is 52.7 Å². The minimum Gasteiger partial charge on any atom is -0.506 e. The zero-order chi connectivity index (χ0) is 21.6. The van der Waals surface area contributed by atoms with Crippen LogP contribution in [-0.2, 0) is 4.79 Å². The molecule has 0 saturated carbocycles. The molecule has 2 N–H and O–H groups in total. The number of ketones is 2. The lowest BCUT2D eigenvalue weighted by Crippen LogP contribution is -2.55. The number of rotatable bonds is 4. The van der Waals surface area contributed by atoms with Crippen molar-refractivity contribution in [2.45, 2.75) is 18.9 Å². The molecule has 156 valence electrons. The molecule has 1 spiro atoms. The van der Waals surface area contributed by atoms with Gasteiger partial charge in [-0.3, -0.25) is 9.59 Å². The minimum absolute atomic E-state index is 0.0583. The molecule has 1 aliphatic carbocycles. The Bertz CT molecular complexity index is 1100. The Kier molecular flexibility index (Phi) is 4.86. The van der Waals surface area contributed by atoms with E-state index in [9.17, 15) is 14.7 Å². The van der Waals surface area contributed by atoms with Crippen LogP contribution in [0.1, 0.15) is 23.7 Å². The largest absolute Gasteiger partial charge is 0.506 e. The van der Waals surface area contributed by atoms with E-state index in [1.807, 2.05) is 0 Å². The van der Waals surface area contributed by atoms with Crippen molar-refractivity contribution in [1.82, 2.24) is 0 Å². The van der Waals surface area contributed by atoms with E-state index in [2.05, 4.69) is 5.32 Å². The molecular formula is C22H20ClNO6. The molecule has 2 atom stereocenters. The lowest BCUT2D eigenvalue weighted by Gasteiger charge is -2.35. The number of nitrogens with one attached hydrogen (secondary N) is 1. The number of anilines is 1. The highest BCUT2D eigenvalue weighted by Crippen LogP contribution is 2.53. The van der Waals surface area contributed by atoms with Crippen molar-refractivity contribution < 1.29 is 28.9 Å². The Hall–Kier alpha value is -3.19. The van der Waals surface area contributed by atoms with E-state index in [-0.39, 0.29) is 33.6 Å². The average Bonchev–Trinajstić information content (AvgIpc) is 3.04. The van der Waals surface area contributed by atoms with Crippen LogP contribution in [0, 0.1) is 5.92 Å². The number of carbonyl (C=O) groups excluding carboxylic acids is 2. The second-order valence-corrected chi connectivity index (χ2v) is 7.63. The number of hydrogen-bond donors (Lipinski definition) is 2. The number of methoxy groups -OCH3 is 2. The van der Waals surface area contributed by atoms with Gasteiger partial charge in [0.25, 0.3) is 0 Å². The number of allylic oxidation sites excluding steroid dienone is 1. The highest BCUT2D eigenvalue weighted by atomic mass is 35.5. The van der Waals surface area contributed by atoms with Crippen molar-refractivity contribution in [2.75, 3.05) is 19.5 Å². The first-order valence-electron chi connectivity index (χ1n) is 9.31. The monoisotopic (exact) mass is 429 g/mol. The summed E-state index contributed by atoms with van der Waals surface area (Å²) in [5, 5.41) is 13.2. The van der Waals surface area contributed by atoms with Crippen LogP contribution in [0.4, 0.5) is 5.69 Å². The number of aromatic hydroxyl groups is 1. The summed E-state index contributed by atoms with van der Waals surface area (Å²) in [6, 6.07) is 8.20. The molecule has 2 aromatic carbocycles. The van der Waals surface area contributed by atoms with Crippen molar-refractivity contribution in [2.24, 2.45) is 5.92 Å². The molecule has 0 saturated heterocycles. The summed E-state index contributed by atoms with van der Waals surface area (Å²) < 4.78 is 16.6. The molecular weight excluding hydrogens is 410 g/mol. The van der Waals surface area contributed by atoms with E-state index in [0.717, 1.165) is 0 Å². The summed E-state index contributed by atoms with van der Waals surface area (Å²) in [5.41, 5.74) is -0.553. The molecule has 1 aliphatic heterocycles. The standard InChI is InChI=1S/C22H20ClNO6/c1-11-8-12(24-13-6-4-5-7-14(13)25)9-17(26)22(11)21(27)18-15(28-2)10-16(29-3)19(23)20(18)30-22/h4-7,9-11,24-25H,8H2,1-3H3/t11-,22+/m1/s1. The highest BCUT2D eigenvalue weighted by molar-refractivity contribution is 6.36. The van der Waals surface area contributed by atoms with E-state index >= 15 is 0 Å². The van der Waals surface area contributed by atoms with Crippen molar-refractivity contribution >= 4 is 28.9 Å². The first-order chi connectivity index (χ1) is 14.3. The third-order valence-electron chi connectivity index (χ3n) is 5.51. The lowest BCUT2D eigenvalue weighted by atomic mass is 9.74. The van der Waals surface area contributed by atoms with Gasteiger partial charge in [0, 0.05) is 23.8 Å². The Morgan fingerprint density at radius 2 is 1.90 bits per heavy atom. The SMILES string of the molecule is COc1cc(OC)c2c(c1Cl)O[C@@]1(C(=O)C=C(Nc3ccccc3O)C[C@H]1C)C2=O. The molecule has 1 heterocycles. The molecule has 0 bridgehead atoms. The summed E-state index contributed by atoms with van der Waals surface area (Å²) in [6.45, 7) is 1.76. The summed E-state index contributed by atoms with van der Waals surface area (Å²) in [7, 11) is 2.86. The number of carbonyl (C=O) groups is 2. The third kappa shape index (κ3) is 2.81. The zero-order valence-corrected chi connectivity index (χ0v) is 17.4. The molecule has 0 fully saturated rings. The Balaban J connectivity index is 1.74. The van der Waals surface area contributed by atoms with Crippen LogP contribution < -0.4 is 19.5 Å². The molecule has 8 heteroatoms. The number of para-hydroxylation sites is 2. The van der Waals surface area contributed by atoms with Crippen molar-refractivity contribution in [1.29, 1.82) is 0 Å². The topological polar surface area (TPSA) is 94.1 Å². The summed E-state index contributed by atoms with van der Waals surface area (Å²) in [5.74, 6) is -0.839. The van der Waals surface area contributed by atoms with E-state index in [0.29, 0.717) is 17.8 Å². The normalized spacial score (nSPS) is 22.4. The summed E-state index contributed by atoms with van der Waals surface area (Å²) in [6.07, 6.45) is 1.69. The van der Waals surface area contributed by atoms with Gasteiger partial charge in [-0.05, 0) is 18.6 Å². The van der Waals surface area contributed by atoms with Crippen LogP contribution in [0.2, 0.25) is 5.02 Å². The van der Waals surface area contributed by atoms with Crippen LogP contribution in [0.5, 0.6) is 23.0 Å². The number of phenolic OH excluding ortho intramolecular Hbond substituents is 1. The van der Waals surface area contributed by atoms with E-state index in [1.165, 1.54) is 26.4 Å². The van der Waals surface area contributed by atoms with E-state index in [1.54, 1.807) is 31.2 Å². The Morgan fingerprint density at radius 3 is 2.53 bits per heavy atom. The number of fused-ring (bicyclic) bond motifs is 1. The zero-order valence-electron chi connectivity index (χ0n) is 16.6. The quantitative estimate of drug-likeness (QED) is 0.560. The molecule has 7 nitrogen and oxygen atoms in total. The third-order valence-corrected chi connectivity index (χ3v) is 5.87. The van der Waals surface area contributed by atoms with Crippen LogP contribution in [-0.4, -0.2) is 36.5 Å². The number of Topliss-reactive ketones (excluding diaryl/α,β-unsaturated/α-hetero) is 1. The lowest BCUT2D eigenvalue weighted by molar-refractivity contribution is -0.129.